The fourth-order valence-electron chi connectivity index (χ4n) is 6.28. The lowest BCUT2D eigenvalue weighted by Gasteiger charge is -2.26. The Morgan fingerprint density at radius 2 is 1.06 bits per heavy atom. The normalized spacial score (nSPS) is 14.6. The number of carbonyl (C=O) groups is 1. The SMILES string of the molecule is CCCCCCCCCCCC/C=C/CCCC[C@@H](O)[C@H](COP(=O)(O)OCC[N+](C)(C)C)NC(=O)CCCCCCCCCCCCCCC. The van der Waals surface area contributed by atoms with Gasteiger partial charge in [-0.25, -0.2) is 4.57 Å². The molecule has 0 aliphatic rings. The number of phosphoric ester groups is 1. The molecule has 0 spiro atoms. The van der Waals surface area contributed by atoms with Crippen LogP contribution in [0, 0.1) is 0 Å². The van der Waals surface area contributed by atoms with Gasteiger partial charge in [0.2, 0.25) is 5.91 Å². The molecule has 0 aliphatic carbocycles. The van der Waals surface area contributed by atoms with Gasteiger partial charge in [0.25, 0.3) is 0 Å². The average molecular weight is 746 g/mol. The van der Waals surface area contributed by atoms with Gasteiger partial charge in [-0.1, -0.05) is 167 Å². The lowest BCUT2D eigenvalue weighted by molar-refractivity contribution is -0.870. The molecule has 0 aromatic carbocycles. The van der Waals surface area contributed by atoms with Crippen molar-refractivity contribution in [1.82, 2.24) is 5.32 Å². The first kappa shape index (κ1) is 50.2. The summed E-state index contributed by atoms with van der Waals surface area (Å²) in [6, 6.07) is -0.770. The first-order chi connectivity index (χ1) is 24.5. The van der Waals surface area contributed by atoms with Crippen LogP contribution in [0.25, 0.3) is 0 Å². The van der Waals surface area contributed by atoms with Crippen molar-refractivity contribution in [3.8, 4) is 0 Å². The zero-order chi connectivity index (χ0) is 37.9. The second-order valence-electron chi connectivity index (χ2n) is 16.1. The first-order valence-corrected chi connectivity index (χ1v) is 23.0. The summed E-state index contributed by atoms with van der Waals surface area (Å²) in [5, 5.41) is 13.9. The van der Waals surface area contributed by atoms with Gasteiger partial charge in [-0.2, -0.15) is 0 Å². The summed E-state index contributed by atoms with van der Waals surface area (Å²) in [6.45, 7) is 4.87. The van der Waals surface area contributed by atoms with Crippen LogP contribution in [0.4, 0.5) is 0 Å². The number of unbranched alkanes of at least 4 members (excludes halogenated alkanes) is 24. The predicted octanol–water partition coefficient (Wildman–Crippen LogP) is 11.6. The third-order valence-electron chi connectivity index (χ3n) is 9.76. The van der Waals surface area contributed by atoms with Crippen LogP contribution in [-0.2, 0) is 18.4 Å². The van der Waals surface area contributed by atoms with E-state index in [4.69, 9.17) is 9.05 Å². The Morgan fingerprint density at radius 3 is 1.51 bits per heavy atom. The van der Waals surface area contributed by atoms with Crippen molar-refractivity contribution in [2.75, 3.05) is 40.9 Å². The molecule has 1 amide bonds. The molecule has 8 nitrogen and oxygen atoms in total. The van der Waals surface area contributed by atoms with Crippen LogP contribution in [-0.4, -0.2) is 73.4 Å². The van der Waals surface area contributed by atoms with Crippen molar-refractivity contribution >= 4 is 13.7 Å². The van der Waals surface area contributed by atoms with Gasteiger partial charge >= 0.3 is 7.82 Å². The van der Waals surface area contributed by atoms with Crippen LogP contribution in [0.15, 0.2) is 12.2 Å². The van der Waals surface area contributed by atoms with Gasteiger partial charge < -0.3 is 19.8 Å². The summed E-state index contributed by atoms with van der Waals surface area (Å²) in [6.07, 6.45) is 38.0. The van der Waals surface area contributed by atoms with E-state index < -0.39 is 20.0 Å². The minimum atomic E-state index is -4.31. The molecule has 1 unspecified atom stereocenters. The van der Waals surface area contributed by atoms with Gasteiger partial charge in [0.15, 0.2) is 0 Å². The van der Waals surface area contributed by atoms with Gasteiger partial charge in [0.1, 0.15) is 13.2 Å². The molecule has 9 heteroatoms. The summed E-state index contributed by atoms with van der Waals surface area (Å²) in [4.78, 5) is 23.1. The van der Waals surface area contributed by atoms with Crippen LogP contribution < -0.4 is 5.32 Å². The van der Waals surface area contributed by atoms with Crippen molar-refractivity contribution < 1.29 is 32.9 Å². The number of hydrogen-bond donors (Lipinski definition) is 3. The Balaban J connectivity index is 4.42. The van der Waals surface area contributed by atoms with Crippen LogP contribution in [0.5, 0.6) is 0 Å². The summed E-state index contributed by atoms with van der Waals surface area (Å²) in [5.74, 6) is -0.153. The number of nitrogens with zero attached hydrogens (tertiary/aromatic N) is 1. The average Bonchev–Trinajstić information content (AvgIpc) is 3.07. The molecule has 0 saturated carbocycles. The van der Waals surface area contributed by atoms with Crippen LogP contribution in [0.1, 0.15) is 200 Å². The predicted molar refractivity (Wildman–Crippen MR) is 217 cm³/mol. The van der Waals surface area contributed by atoms with E-state index in [0.29, 0.717) is 23.9 Å². The molecular weight excluding hydrogens is 659 g/mol. The van der Waals surface area contributed by atoms with Crippen molar-refractivity contribution in [2.24, 2.45) is 0 Å². The van der Waals surface area contributed by atoms with Crippen LogP contribution >= 0.6 is 7.82 Å². The number of rotatable bonds is 39. The third kappa shape index (κ3) is 37.4. The van der Waals surface area contributed by atoms with Gasteiger partial charge in [-0.05, 0) is 38.5 Å². The number of aliphatic hydroxyl groups excluding tert-OH is 1. The number of carbonyl (C=O) groups excluding carboxylic acids is 1. The quantitative estimate of drug-likeness (QED) is 0.0250. The topological polar surface area (TPSA) is 105 Å². The summed E-state index contributed by atoms with van der Waals surface area (Å²) in [5.41, 5.74) is 0. The molecule has 0 fully saturated rings. The molecule has 0 bridgehead atoms. The molecule has 0 heterocycles. The third-order valence-corrected chi connectivity index (χ3v) is 10.7. The second-order valence-corrected chi connectivity index (χ2v) is 17.5. The van der Waals surface area contributed by atoms with E-state index in [0.717, 1.165) is 44.9 Å². The number of nitrogens with one attached hydrogen (secondary N) is 1. The Hall–Kier alpha value is -0.760. The molecule has 51 heavy (non-hydrogen) atoms. The summed E-state index contributed by atoms with van der Waals surface area (Å²) >= 11 is 0. The van der Waals surface area contributed by atoms with E-state index in [9.17, 15) is 19.4 Å². The maximum absolute atomic E-state index is 12.8. The van der Waals surface area contributed by atoms with Crippen molar-refractivity contribution in [1.29, 1.82) is 0 Å². The van der Waals surface area contributed by atoms with Gasteiger partial charge in [0, 0.05) is 6.42 Å². The van der Waals surface area contributed by atoms with Gasteiger partial charge in [-0.15, -0.1) is 0 Å². The van der Waals surface area contributed by atoms with Crippen molar-refractivity contribution in [3.63, 3.8) is 0 Å². The lowest BCUT2D eigenvalue weighted by atomic mass is 10.0. The monoisotopic (exact) mass is 746 g/mol. The molecule has 3 atom stereocenters. The van der Waals surface area contributed by atoms with Crippen LogP contribution in [0.2, 0.25) is 0 Å². The molecule has 0 aromatic heterocycles. The molecule has 0 radical (unpaired) electrons. The Kier molecular flexibility index (Phi) is 34.5. The highest BCUT2D eigenvalue weighted by atomic mass is 31.2. The minimum absolute atomic E-state index is 0.0720. The molecule has 0 rings (SSSR count). The zero-order valence-electron chi connectivity index (χ0n) is 34.4. The maximum atomic E-state index is 12.8. The molecule has 0 saturated heterocycles. The molecular formula is C42H86N2O6P+. The Morgan fingerprint density at radius 1 is 0.647 bits per heavy atom. The van der Waals surface area contributed by atoms with E-state index >= 15 is 0 Å². The standard InChI is InChI=1S/C42H85N2O6P/c1-6-8-10-12-14-16-18-20-21-22-24-25-27-29-31-33-35-41(45)40(39-50-51(47,48)49-38-37-44(3,4)5)43-42(46)36-34-32-30-28-26-23-19-17-15-13-11-9-7-2/h25,27,40-41,45H,6-24,26,28-39H2,1-5H3,(H-,43,46,47,48)/p+1/b27-25+/t40-,41+/m0/s1. The van der Waals surface area contributed by atoms with Crippen LogP contribution in [0.3, 0.4) is 0 Å². The highest BCUT2D eigenvalue weighted by molar-refractivity contribution is 7.47. The maximum Gasteiger partial charge on any atom is 0.472 e. The molecule has 3 N–H and O–H groups in total. The molecule has 0 aliphatic heterocycles. The smallest absolute Gasteiger partial charge is 0.391 e. The number of aliphatic hydroxyl groups is 1. The Labute approximate surface area is 316 Å². The van der Waals surface area contributed by atoms with E-state index in [1.165, 1.54) is 128 Å². The Bertz CT molecular complexity index is 850. The number of phosphoric acid groups is 1. The van der Waals surface area contributed by atoms with Crippen molar-refractivity contribution in [3.05, 3.63) is 12.2 Å². The van der Waals surface area contributed by atoms with E-state index in [1.54, 1.807) is 0 Å². The molecule has 304 valence electrons. The van der Waals surface area contributed by atoms with Crippen molar-refractivity contribution in [2.45, 2.75) is 212 Å². The number of allylic oxidation sites excluding steroid dienone is 2. The fraction of sp³-hybridized carbons (Fsp3) is 0.929. The first-order valence-electron chi connectivity index (χ1n) is 21.6. The van der Waals surface area contributed by atoms with E-state index in [2.05, 4.69) is 31.3 Å². The number of quaternary nitrogens is 1. The van der Waals surface area contributed by atoms with Gasteiger partial charge in [-0.3, -0.25) is 13.8 Å². The number of hydrogen-bond acceptors (Lipinski definition) is 5. The second kappa shape index (κ2) is 35.0. The van der Waals surface area contributed by atoms with E-state index in [1.807, 2.05) is 21.1 Å². The van der Waals surface area contributed by atoms with E-state index in [-0.39, 0.29) is 19.1 Å². The highest BCUT2D eigenvalue weighted by Gasteiger charge is 2.28. The molecule has 0 aromatic rings. The highest BCUT2D eigenvalue weighted by Crippen LogP contribution is 2.43. The number of amides is 1. The van der Waals surface area contributed by atoms with Gasteiger partial charge in [0.05, 0.1) is 39.9 Å². The summed E-state index contributed by atoms with van der Waals surface area (Å²) < 4.78 is 23.6. The lowest BCUT2D eigenvalue weighted by Crippen LogP contribution is -2.46. The largest absolute Gasteiger partial charge is 0.472 e. The fourth-order valence-corrected chi connectivity index (χ4v) is 7.01. The number of likely N-dealkylation sites (N-methyl/N-ethyl adjacent to an activating group) is 1. The minimum Gasteiger partial charge on any atom is -0.391 e. The zero-order valence-corrected chi connectivity index (χ0v) is 35.3. The summed E-state index contributed by atoms with van der Waals surface area (Å²) in [7, 11) is 1.61.